The Morgan fingerprint density at radius 2 is 1.63 bits per heavy atom. The second kappa shape index (κ2) is 7.19. The smallest absolute Gasteiger partial charge is 0.326 e. The normalized spacial score (nSPS) is 13.0. The van der Waals surface area contributed by atoms with Crippen molar-refractivity contribution in [1.82, 2.24) is 15.5 Å². The Balaban J connectivity index is 4.46. The number of rotatable bonds is 6. The van der Waals surface area contributed by atoms with Crippen molar-refractivity contribution in [2.75, 3.05) is 14.1 Å². The van der Waals surface area contributed by atoms with E-state index in [1.54, 1.807) is 0 Å². The summed E-state index contributed by atoms with van der Waals surface area (Å²) in [5.41, 5.74) is 0. The number of hydrogen-bond acceptors (Lipinski definition) is 4. The molecule has 4 N–H and O–H groups in total. The standard InChI is InChI=1S/C10H17N3O6/c1-5(8(16)13(2)3)11-10(19)12-6(9(17)18)4-7(14)15/h5-6H,4H2,1-3H3,(H,14,15)(H,17,18)(H2,11,12,19)/t5?,6-/m1/s1. The summed E-state index contributed by atoms with van der Waals surface area (Å²) in [6.45, 7) is 1.43. The predicted molar refractivity (Wildman–Crippen MR) is 63.5 cm³/mol. The Kier molecular flexibility index (Phi) is 6.31. The molecule has 0 aliphatic carbocycles. The molecule has 2 atom stereocenters. The van der Waals surface area contributed by atoms with E-state index in [2.05, 4.69) is 5.32 Å². The Labute approximate surface area is 109 Å². The van der Waals surface area contributed by atoms with Crippen molar-refractivity contribution < 1.29 is 29.4 Å². The van der Waals surface area contributed by atoms with Gasteiger partial charge in [0.1, 0.15) is 12.1 Å². The minimum Gasteiger partial charge on any atom is -0.481 e. The summed E-state index contributed by atoms with van der Waals surface area (Å²) < 4.78 is 0. The van der Waals surface area contributed by atoms with Gasteiger partial charge in [0, 0.05) is 14.1 Å². The van der Waals surface area contributed by atoms with Gasteiger partial charge in [-0.25, -0.2) is 9.59 Å². The fraction of sp³-hybridized carbons (Fsp3) is 0.600. The van der Waals surface area contributed by atoms with E-state index in [4.69, 9.17) is 10.2 Å². The van der Waals surface area contributed by atoms with E-state index >= 15 is 0 Å². The van der Waals surface area contributed by atoms with E-state index in [9.17, 15) is 19.2 Å². The molecular formula is C10H17N3O6. The zero-order valence-corrected chi connectivity index (χ0v) is 10.8. The predicted octanol–water partition coefficient (Wildman–Crippen LogP) is -1.31. The summed E-state index contributed by atoms with van der Waals surface area (Å²) in [5.74, 6) is -3.20. The summed E-state index contributed by atoms with van der Waals surface area (Å²) in [6, 6.07) is -3.33. The highest BCUT2D eigenvalue weighted by atomic mass is 16.4. The molecular weight excluding hydrogens is 258 g/mol. The Morgan fingerprint density at radius 3 is 2.00 bits per heavy atom. The van der Waals surface area contributed by atoms with Crippen LogP contribution in [0, 0.1) is 0 Å². The van der Waals surface area contributed by atoms with Crippen LogP contribution < -0.4 is 10.6 Å². The number of nitrogens with one attached hydrogen (secondary N) is 2. The van der Waals surface area contributed by atoms with E-state index < -0.39 is 36.5 Å². The van der Waals surface area contributed by atoms with Gasteiger partial charge in [0.15, 0.2) is 0 Å². The third-order valence-electron chi connectivity index (χ3n) is 2.14. The maximum absolute atomic E-state index is 11.4. The van der Waals surface area contributed by atoms with Gasteiger partial charge in [-0.15, -0.1) is 0 Å². The van der Waals surface area contributed by atoms with Crippen LogP contribution in [0.15, 0.2) is 0 Å². The van der Waals surface area contributed by atoms with E-state index in [1.807, 2.05) is 5.32 Å². The fourth-order valence-electron chi connectivity index (χ4n) is 1.22. The molecule has 0 radical (unpaired) electrons. The molecule has 0 spiro atoms. The number of carbonyl (C=O) groups excluding carboxylic acids is 2. The molecule has 0 rings (SSSR count). The van der Waals surface area contributed by atoms with Gasteiger partial charge in [-0.3, -0.25) is 9.59 Å². The lowest BCUT2D eigenvalue weighted by molar-refractivity contribution is -0.145. The SMILES string of the molecule is CC(NC(=O)N[C@H](CC(=O)O)C(=O)O)C(=O)N(C)C. The summed E-state index contributed by atoms with van der Waals surface area (Å²) in [7, 11) is 3.01. The highest BCUT2D eigenvalue weighted by Crippen LogP contribution is 1.94. The largest absolute Gasteiger partial charge is 0.481 e. The third-order valence-corrected chi connectivity index (χ3v) is 2.14. The molecule has 0 fully saturated rings. The molecule has 0 saturated heterocycles. The maximum atomic E-state index is 11.4. The van der Waals surface area contributed by atoms with Crippen LogP contribution in [0.2, 0.25) is 0 Å². The molecule has 108 valence electrons. The van der Waals surface area contributed by atoms with Gasteiger partial charge in [-0.05, 0) is 6.92 Å². The monoisotopic (exact) mass is 275 g/mol. The van der Waals surface area contributed by atoms with Crippen LogP contribution in [0.5, 0.6) is 0 Å². The van der Waals surface area contributed by atoms with E-state index in [0.29, 0.717) is 0 Å². The van der Waals surface area contributed by atoms with Gasteiger partial charge in [0.25, 0.3) is 0 Å². The summed E-state index contributed by atoms with van der Waals surface area (Å²) in [6.07, 6.45) is -0.751. The maximum Gasteiger partial charge on any atom is 0.326 e. The van der Waals surface area contributed by atoms with Crippen LogP contribution in [0.25, 0.3) is 0 Å². The first-order valence-electron chi connectivity index (χ1n) is 5.38. The van der Waals surface area contributed by atoms with Crippen molar-refractivity contribution in [1.29, 1.82) is 0 Å². The summed E-state index contributed by atoms with van der Waals surface area (Å²) in [5, 5.41) is 21.4. The molecule has 0 heterocycles. The highest BCUT2D eigenvalue weighted by molar-refractivity contribution is 5.89. The quantitative estimate of drug-likeness (QED) is 0.475. The van der Waals surface area contributed by atoms with Crippen molar-refractivity contribution in [2.24, 2.45) is 0 Å². The van der Waals surface area contributed by atoms with Gasteiger partial charge in [0.05, 0.1) is 6.42 Å². The van der Waals surface area contributed by atoms with Crippen molar-refractivity contribution in [2.45, 2.75) is 25.4 Å². The first kappa shape index (κ1) is 16.7. The molecule has 0 bridgehead atoms. The number of carboxylic acid groups (broad SMARTS) is 2. The zero-order chi connectivity index (χ0) is 15.2. The van der Waals surface area contributed by atoms with Crippen LogP contribution in [-0.4, -0.2) is 65.2 Å². The number of carboxylic acids is 2. The second-order valence-corrected chi connectivity index (χ2v) is 4.06. The van der Waals surface area contributed by atoms with Crippen LogP contribution in [0.4, 0.5) is 4.79 Å². The van der Waals surface area contributed by atoms with Crippen LogP contribution >= 0.6 is 0 Å². The van der Waals surface area contributed by atoms with E-state index in [0.717, 1.165) is 0 Å². The molecule has 0 aromatic rings. The third kappa shape index (κ3) is 6.24. The molecule has 0 aliphatic rings. The van der Waals surface area contributed by atoms with Crippen LogP contribution in [0.1, 0.15) is 13.3 Å². The first-order chi connectivity index (χ1) is 8.65. The van der Waals surface area contributed by atoms with Gasteiger partial charge in [-0.2, -0.15) is 0 Å². The molecule has 9 nitrogen and oxygen atoms in total. The number of carbonyl (C=O) groups is 4. The molecule has 9 heteroatoms. The molecule has 3 amide bonds. The topological polar surface area (TPSA) is 136 Å². The minimum atomic E-state index is -1.56. The van der Waals surface area contributed by atoms with Crippen molar-refractivity contribution in [3.63, 3.8) is 0 Å². The number of urea groups is 1. The highest BCUT2D eigenvalue weighted by Gasteiger charge is 2.24. The zero-order valence-electron chi connectivity index (χ0n) is 10.8. The lowest BCUT2D eigenvalue weighted by Gasteiger charge is -2.19. The van der Waals surface area contributed by atoms with Crippen molar-refractivity contribution in [3.8, 4) is 0 Å². The molecule has 1 unspecified atom stereocenters. The molecule has 0 aliphatic heterocycles. The number of aliphatic carboxylic acids is 2. The minimum absolute atomic E-state index is 0.375. The second-order valence-electron chi connectivity index (χ2n) is 4.06. The Morgan fingerprint density at radius 1 is 1.11 bits per heavy atom. The number of hydrogen-bond donors (Lipinski definition) is 4. The Bertz CT molecular complexity index is 381. The lowest BCUT2D eigenvalue weighted by Crippen LogP contribution is -2.52. The van der Waals surface area contributed by atoms with Gasteiger partial charge in [-0.1, -0.05) is 0 Å². The fourth-order valence-corrected chi connectivity index (χ4v) is 1.22. The lowest BCUT2D eigenvalue weighted by atomic mass is 10.2. The number of amides is 3. The summed E-state index contributed by atoms with van der Waals surface area (Å²) >= 11 is 0. The van der Waals surface area contributed by atoms with E-state index in [-0.39, 0.29) is 5.91 Å². The average Bonchev–Trinajstić information content (AvgIpc) is 2.25. The summed E-state index contributed by atoms with van der Waals surface area (Å²) in [4.78, 5) is 45.3. The number of likely N-dealkylation sites (N-methyl/N-ethyl adjacent to an activating group) is 1. The molecule has 19 heavy (non-hydrogen) atoms. The number of nitrogens with zero attached hydrogens (tertiary/aromatic N) is 1. The molecule has 0 saturated carbocycles. The Hall–Kier alpha value is -2.32. The van der Waals surface area contributed by atoms with Crippen molar-refractivity contribution >= 4 is 23.9 Å². The van der Waals surface area contributed by atoms with Gasteiger partial charge >= 0.3 is 18.0 Å². The van der Waals surface area contributed by atoms with Gasteiger partial charge in [0.2, 0.25) is 5.91 Å². The molecule has 0 aromatic carbocycles. The van der Waals surface area contributed by atoms with E-state index in [1.165, 1.54) is 25.9 Å². The average molecular weight is 275 g/mol. The van der Waals surface area contributed by atoms with Crippen LogP contribution in [-0.2, 0) is 14.4 Å². The molecule has 0 aromatic heterocycles. The van der Waals surface area contributed by atoms with Gasteiger partial charge < -0.3 is 25.7 Å². The van der Waals surface area contributed by atoms with Crippen LogP contribution in [0.3, 0.4) is 0 Å². The van der Waals surface area contributed by atoms with Crippen molar-refractivity contribution in [3.05, 3.63) is 0 Å². The first-order valence-corrected chi connectivity index (χ1v) is 5.38.